The number of hydrogen-bond acceptors (Lipinski definition) is 19. The average molecular weight is 1200 g/mol. The molecule has 32 heteroatoms. The number of primary amides is 1. The van der Waals surface area contributed by atoms with Crippen LogP contribution in [-0.2, 0) is 76.1 Å². The molecule has 4 aromatic rings. The topological polar surface area (TPSA) is 362 Å². The Morgan fingerprint density at radius 3 is 2.16 bits per heavy atom. The number of H-pyrrole nitrogens is 1. The largest absolute Gasteiger partial charge is 0.472 e. The molecule has 3 saturated heterocycles. The van der Waals surface area contributed by atoms with Crippen LogP contribution in [0.25, 0.3) is 11.2 Å². The Kier molecular flexibility index (Phi) is 21.1. The predicted octanol–water partition coefficient (Wildman–Crippen LogP) is 3.42. The molecule has 0 bridgehead atoms. The maximum atomic E-state index is 16.6. The number of alkyl halides is 2. The van der Waals surface area contributed by atoms with Crippen molar-refractivity contribution in [1.82, 2.24) is 44.6 Å². The number of phosphoric acid groups is 1. The van der Waals surface area contributed by atoms with Gasteiger partial charge in [0.1, 0.15) is 30.7 Å². The van der Waals surface area contributed by atoms with E-state index in [1.54, 1.807) is 24.3 Å². The smallest absolute Gasteiger partial charge is 0.364 e. The van der Waals surface area contributed by atoms with Crippen LogP contribution in [0.2, 0.25) is 0 Å². The van der Waals surface area contributed by atoms with Gasteiger partial charge in [0.05, 0.1) is 25.6 Å². The number of unbranched alkanes of at least 4 members (excludes halogenated alkanes) is 3. The molecule has 7 heterocycles. The van der Waals surface area contributed by atoms with Crippen molar-refractivity contribution in [1.29, 1.82) is 0 Å². The van der Waals surface area contributed by atoms with E-state index < -0.39 is 100 Å². The van der Waals surface area contributed by atoms with E-state index in [0.29, 0.717) is 35.9 Å². The third kappa shape index (κ3) is 15.7. The van der Waals surface area contributed by atoms with Crippen LogP contribution in [0.3, 0.4) is 0 Å². The number of aromatic amines is 1. The molecular formula is C49H65F2N11O16P2S. The number of imidazole rings is 1. The van der Waals surface area contributed by atoms with Crippen molar-refractivity contribution in [3.63, 3.8) is 0 Å². The van der Waals surface area contributed by atoms with Crippen LogP contribution in [0.4, 0.5) is 19.4 Å². The number of aromatic nitrogens is 6. The lowest BCUT2D eigenvalue weighted by Gasteiger charge is -2.28. The van der Waals surface area contributed by atoms with Gasteiger partial charge in [-0.3, -0.25) is 56.6 Å². The number of imide groups is 1. The van der Waals surface area contributed by atoms with Gasteiger partial charge in [-0.1, -0.05) is 64.8 Å². The first-order valence-electron chi connectivity index (χ1n) is 25.7. The molecule has 81 heavy (non-hydrogen) atoms. The lowest BCUT2D eigenvalue weighted by atomic mass is 9.88. The van der Waals surface area contributed by atoms with Gasteiger partial charge in [0.2, 0.25) is 5.91 Å². The zero-order valence-electron chi connectivity index (χ0n) is 43.2. The fraction of sp³-hybridized carbons (Fsp3) is 0.551. The molecule has 0 saturated carbocycles. The Balaban J connectivity index is 0.00000946. The number of halogens is 2. The van der Waals surface area contributed by atoms with Crippen LogP contribution in [0.15, 0.2) is 70.9 Å². The molecule has 4 aliphatic rings. The molecule has 4 aliphatic heterocycles. The van der Waals surface area contributed by atoms with Crippen molar-refractivity contribution in [2.45, 2.75) is 134 Å². The number of carbonyl (C=O) groups is 5. The normalized spacial score (nSPS) is 27.4. The Morgan fingerprint density at radius 2 is 1.49 bits per heavy atom. The second-order valence-electron chi connectivity index (χ2n) is 19.8. The van der Waals surface area contributed by atoms with Crippen LogP contribution in [-0.4, -0.2) is 142 Å². The van der Waals surface area contributed by atoms with Crippen molar-refractivity contribution < 1.29 is 74.7 Å². The number of nitrogens with zero attached hydrogens (tertiary/aromatic N) is 6. The van der Waals surface area contributed by atoms with Gasteiger partial charge in [-0.25, -0.2) is 37.9 Å². The SMILES string of the molecule is C.CC(C)C(CCCCCCN1C(=O)C=CC1=O)C(=O)NC(CCCNC(N)=O)C(=O)Cc1ccc(CNc2ncnc3c2ncn3[C@@H]2O[C@@H]3COP(O)(=S)O[C@H]4[C@@H](F)[C@H](n5ccc(=O)[nH]c5=O)O[C@@H]4COP(=O)(O)O[C@H]3[C@H]2F)cc1. The van der Waals surface area contributed by atoms with E-state index in [2.05, 4.69) is 30.9 Å². The molecule has 27 nitrogen and oxygen atoms in total. The summed E-state index contributed by atoms with van der Waals surface area (Å²) in [6.45, 7) is -1.62. The van der Waals surface area contributed by atoms with Gasteiger partial charge in [0.25, 0.3) is 17.4 Å². The molecule has 3 aromatic heterocycles. The maximum Gasteiger partial charge on any atom is 0.472 e. The van der Waals surface area contributed by atoms with Gasteiger partial charge in [-0.15, -0.1) is 0 Å². The number of hydrogen-bond donors (Lipinski definition) is 7. The summed E-state index contributed by atoms with van der Waals surface area (Å²) in [5.74, 6) is -1.33. The summed E-state index contributed by atoms with van der Waals surface area (Å²) in [5.41, 5.74) is 5.05. The lowest BCUT2D eigenvalue weighted by molar-refractivity contribution is -0.137. The van der Waals surface area contributed by atoms with Gasteiger partial charge in [-0.05, 0) is 54.5 Å². The van der Waals surface area contributed by atoms with Gasteiger partial charge >= 0.3 is 26.3 Å². The third-order valence-electron chi connectivity index (χ3n) is 13.8. The summed E-state index contributed by atoms with van der Waals surface area (Å²) in [4.78, 5) is 125. The minimum absolute atomic E-state index is 0. The number of Topliss-reactive ketones (excluding diaryl/α,β-unsaturated/α-hetero) is 1. The highest BCUT2D eigenvalue weighted by molar-refractivity contribution is 8.07. The quantitative estimate of drug-likeness (QED) is 0.0337. The van der Waals surface area contributed by atoms with E-state index in [1.807, 2.05) is 18.8 Å². The molecule has 5 amide bonds. The third-order valence-corrected chi connectivity index (χ3v) is 16.4. The van der Waals surface area contributed by atoms with Crippen molar-refractivity contribution in [2.75, 3.05) is 31.6 Å². The highest BCUT2D eigenvalue weighted by Crippen LogP contribution is 2.54. The number of ketones is 1. The highest BCUT2D eigenvalue weighted by Gasteiger charge is 2.54. The number of nitrogens with one attached hydrogen (secondary N) is 4. The number of nitrogens with two attached hydrogens (primary N) is 1. The second-order valence-corrected chi connectivity index (χ2v) is 24.0. The van der Waals surface area contributed by atoms with Gasteiger partial charge < -0.3 is 45.5 Å². The van der Waals surface area contributed by atoms with Crippen LogP contribution >= 0.6 is 14.5 Å². The van der Waals surface area contributed by atoms with E-state index in [4.69, 9.17) is 45.1 Å². The number of fused-ring (bicyclic) bond motifs is 3. The Hall–Kier alpha value is -6.04. The number of urea groups is 1. The van der Waals surface area contributed by atoms with Crippen LogP contribution in [0.1, 0.15) is 89.8 Å². The number of phosphoric ester groups is 1. The van der Waals surface area contributed by atoms with Gasteiger partial charge in [0.15, 0.2) is 47.6 Å². The first kappa shape index (κ1) is 62.6. The summed E-state index contributed by atoms with van der Waals surface area (Å²) >= 11 is 5.15. The number of carbonyl (C=O) groups excluding carboxylic acids is 5. The zero-order valence-corrected chi connectivity index (χ0v) is 45.9. The Morgan fingerprint density at radius 1 is 0.852 bits per heavy atom. The maximum absolute atomic E-state index is 16.6. The van der Waals surface area contributed by atoms with Crippen molar-refractivity contribution in [3.05, 3.63) is 93.3 Å². The molecule has 442 valence electrons. The van der Waals surface area contributed by atoms with E-state index in [0.717, 1.165) is 37.1 Å². The number of ether oxygens (including phenoxy) is 2. The first-order chi connectivity index (χ1) is 38.1. The van der Waals surface area contributed by atoms with Gasteiger partial charge in [0, 0.05) is 56.4 Å². The molecule has 4 unspecified atom stereocenters. The lowest BCUT2D eigenvalue weighted by Crippen LogP contribution is -2.45. The molecular weight excluding hydrogens is 1130 g/mol. The molecule has 3 fully saturated rings. The van der Waals surface area contributed by atoms with E-state index >= 15 is 8.78 Å². The molecule has 0 aliphatic carbocycles. The number of anilines is 1. The Labute approximate surface area is 467 Å². The number of amides is 5. The van der Waals surface area contributed by atoms with E-state index in [9.17, 15) is 47.9 Å². The summed E-state index contributed by atoms with van der Waals surface area (Å²) in [5, 5.41) is 8.66. The van der Waals surface area contributed by atoms with Crippen molar-refractivity contribution >= 4 is 72.9 Å². The summed E-state index contributed by atoms with van der Waals surface area (Å²) in [6, 6.07) is 6.46. The highest BCUT2D eigenvalue weighted by atomic mass is 32.5. The number of rotatable bonds is 22. The molecule has 0 radical (unpaired) electrons. The summed E-state index contributed by atoms with van der Waals surface area (Å²) in [7, 11) is -5.25. The van der Waals surface area contributed by atoms with Crippen molar-refractivity contribution in [3.8, 4) is 0 Å². The summed E-state index contributed by atoms with van der Waals surface area (Å²) < 4.78 is 80.6. The Bertz CT molecular complexity index is 3150. The van der Waals surface area contributed by atoms with Crippen LogP contribution in [0.5, 0.6) is 0 Å². The molecule has 12 atom stereocenters. The summed E-state index contributed by atoms with van der Waals surface area (Å²) in [6.07, 6.45) is -4.98. The zero-order chi connectivity index (χ0) is 57.5. The minimum atomic E-state index is -5.25. The first-order valence-corrected chi connectivity index (χ1v) is 29.8. The van der Waals surface area contributed by atoms with E-state index in [-0.39, 0.29) is 85.7 Å². The van der Waals surface area contributed by atoms with Crippen LogP contribution in [0, 0.1) is 11.8 Å². The fourth-order valence-electron chi connectivity index (χ4n) is 9.66. The number of benzene rings is 1. The van der Waals surface area contributed by atoms with Crippen LogP contribution < -0.4 is 32.9 Å². The molecule has 0 spiro atoms. The van der Waals surface area contributed by atoms with Crippen molar-refractivity contribution in [2.24, 2.45) is 17.6 Å². The van der Waals surface area contributed by atoms with E-state index in [1.165, 1.54) is 34.3 Å². The monoisotopic (exact) mass is 1200 g/mol. The molecule has 1 aromatic carbocycles. The second kappa shape index (κ2) is 27.4. The average Bonchev–Trinajstić information content (AvgIpc) is 4.24. The predicted molar refractivity (Wildman–Crippen MR) is 287 cm³/mol. The standard InChI is InChI=1S/C48H61F2N11O16P2S.CH4/c1-26(2)29(8-5-3-4-6-18-59-35(64)14-15-36(59)65)44(66)57-30(9-7-17-52-47(51)67)31(62)20-27-10-12-28(13-11-27)21-53-42-39-43(55-24-54-42)61(25-56-39)46-37(49)40-33(75-46)23-73-79(71,80)77-41-32(22-72-78(69,70)76-40)74-45(38(41)50)60-19-16-34(63)58-48(60)68;/h10-16,19,24-26,29-30,32-33,37-38,40-41,45-46H,3-9,17-18,20-23H2,1-2H3,(H,57,66)(H,69,70)(H,71,80)(H3,51,52,67)(H,53,54,55)(H,58,63,68);1H4/t29?,30?,32-,33-,37-,38-,40-,41-,45-,46-,79?;/m1./s1. The van der Waals surface area contributed by atoms with Gasteiger partial charge in [-0.2, -0.15) is 0 Å². The minimum Gasteiger partial charge on any atom is -0.364 e. The fourth-order valence-corrected chi connectivity index (χ4v) is 12.0. The molecule has 8 N–H and O–H groups in total. The molecule has 8 rings (SSSR count).